The van der Waals surface area contributed by atoms with Gasteiger partial charge in [-0.1, -0.05) is 0 Å². The first kappa shape index (κ1) is 23.9. The summed E-state index contributed by atoms with van der Waals surface area (Å²) in [6.07, 6.45) is 1.90. The molecule has 8 nitrogen and oxygen atoms in total. The second-order valence-corrected chi connectivity index (χ2v) is 7.90. The first-order chi connectivity index (χ1) is 11.9. The molecule has 0 aliphatic carbocycles. The number of morpholine rings is 1. The summed E-state index contributed by atoms with van der Waals surface area (Å²) in [7, 11) is -3.87. The first-order valence-electron chi connectivity index (χ1n) is 8.46. The van der Waals surface area contributed by atoms with E-state index in [1.807, 2.05) is 4.90 Å². The van der Waals surface area contributed by atoms with Crippen LogP contribution in [0.15, 0.2) is 23.1 Å². The van der Waals surface area contributed by atoms with Crippen molar-refractivity contribution >= 4 is 46.4 Å². The quantitative estimate of drug-likeness (QED) is 0.627. The number of hydrogen-bond donors (Lipinski definition) is 3. The largest absolute Gasteiger partial charge is 0.378 e. The van der Waals surface area contributed by atoms with Crippen LogP contribution in [-0.4, -0.2) is 59.8 Å². The Balaban J connectivity index is 0.00000182. The second kappa shape index (κ2) is 10.4. The van der Waals surface area contributed by atoms with Crippen molar-refractivity contribution in [1.29, 1.82) is 0 Å². The minimum atomic E-state index is -3.87. The molecule has 2 aliphatic rings. The molecular weight excluding hydrogens is 415 g/mol. The molecule has 1 aromatic carbocycles. The fraction of sp³-hybridized carbons (Fsp3) is 0.562. The fourth-order valence-electron chi connectivity index (χ4n) is 3.19. The molecule has 0 spiro atoms. The van der Waals surface area contributed by atoms with Gasteiger partial charge in [0, 0.05) is 31.4 Å². The molecular formula is C16H26Cl2N4O4S. The van der Waals surface area contributed by atoms with E-state index in [-0.39, 0.29) is 41.7 Å². The van der Waals surface area contributed by atoms with E-state index in [2.05, 4.69) is 10.6 Å². The van der Waals surface area contributed by atoms with Crippen molar-refractivity contribution in [2.75, 3.05) is 44.3 Å². The Hall–Kier alpha value is -1.10. The number of primary sulfonamides is 1. The molecule has 27 heavy (non-hydrogen) atoms. The van der Waals surface area contributed by atoms with Crippen molar-refractivity contribution in [3.8, 4) is 0 Å². The third-order valence-corrected chi connectivity index (χ3v) is 5.44. The number of carbonyl (C=O) groups is 1. The highest BCUT2D eigenvalue weighted by Gasteiger charge is 2.24. The van der Waals surface area contributed by atoms with Gasteiger partial charge in [0.2, 0.25) is 10.0 Å². The zero-order valence-corrected chi connectivity index (χ0v) is 17.3. The molecule has 1 amide bonds. The average molecular weight is 441 g/mol. The van der Waals surface area contributed by atoms with Gasteiger partial charge in [-0.3, -0.25) is 4.79 Å². The lowest BCUT2D eigenvalue weighted by Gasteiger charge is -2.31. The lowest BCUT2D eigenvalue weighted by Crippen LogP contribution is -2.46. The highest BCUT2D eigenvalue weighted by molar-refractivity contribution is 7.89. The lowest BCUT2D eigenvalue weighted by molar-refractivity contribution is 0.0929. The first-order valence-corrected chi connectivity index (χ1v) is 10.0. The van der Waals surface area contributed by atoms with Crippen LogP contribution in [0.4, 0.5) is 5.69 Å². The lowest BCUT2D eigenvalue weighted by atomic mass is 10.1. The van der Waals surface area contributed by atoms with Crippen LogP contribution in [0, 0.1) is 0 Å². The summed E-state index contributed by atoms with van der Waals surface area (Å²) in [5.74, 6) is -0.277. The van der Waals surface area contributed by atoms with Crippen LogP contribution < -0.4 is 20.7 Å². The van der Waals surface area contributed by atoms with Crippen LogP contribution in [0.3, 0.4) is 0 Å². The summed E-state index contributed by atoms with van der Waals surface area (Å²) in [6.45, 7) is 4.12. The van der Waals surface area contributed by atoms with Gasteiger partial charge >= 0.3 is 0 Å². The van der Waals surface area contributed by atoms with Gasteiger partial charge in [-0.25, -0.2) is 13.6 Å². The highest BCUT2D eigenvalue weighted by atomic mass is 35.5. The van der Waals surface area contributed by atoms with Crippen molar-refractivity contribution in [3.05, 3.63) is 23.8 Å². The van der Waals surface area contributed by atoms with Crippen LogP contribution in [0.1, 0.15) is 23.2 Å². The number of sulfonamides is 1. The number of nitrogens with two attached hydrogens (primary N) is 1. The van der Waals surface area contributed by atoms with Gasteiger partial charge in [-0.15, -0.1) is 24.8 Å². The third kappa shape index (κ3) is 6.20. The van der Waals surface area contributed by atoms with E-state index in [9.17, 15) is 13.2 Å². The summed E-state index contributed by atoms with van der Waals surface area (Å²) < 4.78 is 28.7. The van der Waals surface area contributed by atoms with Crippen molar-refractivity contribution in [3.63, 3.8) is 0 Å². The SMILES string of the molecule is Cl.Cl.NS(=O)(=O)c1ccc(N2CCOCC2)c(C(=O)NC2CCCNC2)c1. The Morgan fingerprint density at radius 3 is 2.56 bits per heavy atom. The molecule has 0 radical (unpaired) electrons. The normalized spacial score (nSPS) is 20.2. The van der Waals surface area contributed by atoms with Gasteiger partial charge in [-0.05, 0) is 37.6 Å². The standard InChI is InChI=1S/C16H24N4O4S.2ClH/c17-25(22,23)13-3-4-15(20-6-8-24-9-7-20)14(10-13)16(21)19-12-2-1-5-18-11-12;;/h3-4,10,12,18H,1-2,5-9,11H2,(H,19,21)(H2,17,22,23);2*1H. The van der Waals surface area contributed by atoms with Crippen molar-refractivity contribution in [2.24, 2.45) is 5.14 Å². The Bertz CT molecular complexity index is 736. The molecule has 1 unspecified atom stereocenters. The van der Waals surface area contributed by atoms with E-state index in [4.69, 9.17) is 9.88 Å². The van der Waals surface area contributed by atoms with E-state index in [0.29, 0.717) is 44.1 Å². The number of anilines is 1. The van der Waals surface area contributed by atoms with E-state index in [1.165, 1.54) is 12.1 Å². The minimum absolute atomic E-state index is 0. The number of nitrogens with one attached hydrogen (secondary N) is 2. The van der Waals surface area contributed by atoms with Crippen LogP contribution >= 0.6 is 24.8 Å². The summed E-state index contributed by atoms with van der Waals surface area (Å²) in [6, 6.07) is 4.50. The number of hydrogen-bond acceptors (Lipinski definition) is 6. The topological polar surface area (TPSA) is 114 Å². The molecule has 2 fully saturated rings. The summed E-state index contributed by atoms with van der Waals surface area (Å²) in [5, 5.41) is 11.5. The van der Waals surface area contributed by atoms with Crippen LogP contribution in [0.5, 0.6) is 0 Å². The molecule has 1 aromatic rings. The Kier molecular flexibility index (Phi) is 9.26. The minimum Gasteiger partial charge on any atom is -0.378 e. The summed E-state index contributed by atoms with van der Waals surface area (Å²) in [5.41, 5.74) is 1.04. The van der Waals surface area contributed by atoms with Crippen LogP contribution in [0.2, 0.25) is 0 Å². The van der Waals surface area contributed by atoms with Gasteiger partial charge in [0.05, 0.1) is 23.7 Å². The van der Waals surface area contributed by atoms with E-state index >= 15 is 0 Å². The molecule has 0 aromatic heterocycles. The predicted octanol–water partition coefficient (Wildman–Crippen LogP) is 0.496. The second-order valence-electron chi connectivity index (χ2n) is 6.34. The Morgan fingerprint density at radius 2 is 1.96 bits per heavy atom. The number of benzene rings is 1. The zero-order valence-electron chi connectivity index (χ0n) is 14.8. The van der Waals surface area contributed by atoms with E-state index < -0.39 is 10.0 Å². The number of nitrogens with zero attached hydrogens (tertiary/aromatic N) is 1. The van der Waals surface area contributed by atoms with Crippen LogP contribution in [-0.2, 0) is 14.8 Å². The molecule has 2 aliphatic heterocycles. The third-order valence-electron chi connectivity index (χ3n) is 4.53. The molecule has 0 saturated carbocycles. The smallest absolute Gasteiger partial charge is 0.253 e. The maximum atomic E-state index is 12.8. The summed E-state index contributed by atoms with van der Waals surface area (Å²) >= 11 is 0. The van der Waals surface area contributed by atoms with Gasteiger partial charge in [0.1, 0.15) is 0 Å². The number of halogens is 2. The molecule has 11 heteroatoms. The van der Waals surface area contributed by atoms with E-state index in [0.717, 1.165) is 19.4 Å². The van der Waals surface area contributed by atoms with Gasteiger partial charge < -0.3 is 20.3 Å². The molecule has 154 valence electrons. The number of ether oxygens (including phenoxy) is 1. The highest BCUT2D eigenvalue weighted by Crippen LogP contribution is 2.25. The molecule has 4 N–H and O–H groups in total. The van der Waals surface area contributed by atoms with Crippen molar-refractivity contribution in [2.45, 2.75) is 23.8 Å². The van der Waals surface area contributed by atoms with E-state index in [1.54, 1.807) is 6.07 Å². The monoisotopic (exact) mass is 440 g/mol. The fourth-order valence-corrected chi connectivity index (χ4v) is 3.73. The number of piperidine rings is 1. The van der Waals surface area contributed by atoms with Gasteiger partial charge in [0.25, 0.3) is 5.91 Å². The Labute approximate surface area is 172 Å². The van der Waals surface area contributed by atoms with Crippen molar-refractivity contribution in [1.82, 2.24) is 10.6 Å². The molecule has 0 bridgehead atoms. The average Bonchev–Trinajstić information content (AvgIpc) is 2.62. The molecule has 3 rings (SSSR count). The summed E-state index contributed by atoms with van der Waals surface area (Å²) in [4.78, 5) is 14.8. The molecule has 2 heterocycles. The van der Waals surface area contributed by atoms with Crippen LogP contribution in [0.25, 0.3) is 0 Å². The zero-order chi connectivity index (χ0) is 17.9. The Morgan fingerprint density at radius 1 is 1.26 bits per heavy atom. The molecule has 2 saturated heterocycles. The van der Waals surface area contributed by atoms with Gasteiger partial charge in [-0.2, -0.15) is 0 Å². The van der Waals surface area contributed by atoms with Crippen molar-refractivity contribution < 1.29 is 17.9 Å². The number of amides is 1. The van der Waals surface area contributed by atoms with Gasteiger partial charge in [0.15, 0.2) is 0 Å². The maximum absolute atomic E-state index is 12.8. The maximum Gasteiger partial charge on any atom is 0.253 e. The number of carbonyl (C=O) groups excluding carboxylic acids is 1. The molecule has 1 atom stereocenters. The number of rotatable bonds is 4. The predicted molar refractivity (Wildman–Crippen MR) is 109 cm³/mol.